The Balaban J connectivity index is 0.00000259. The molecule has 1 aromatic carbocycles. The van der Waals surface area contributed by atoms with Crippen LogP contribution in [0.4, 0.5) is 5.69 Å². The van der Waals surface area contributed by atoms with E-state index < -0.39 is 12.0 Å². The summed E-state index contributed by atoms with van der Waals surface area (Å²) in [7, 11) is 0. The number of nitrogens with two attached hydrogens (primary N) is 1. The van der Waals surface area contributed by atoms with Crippen molar-refractivity contribution < 1.29 is 14.3 Å². The molecular weight excluding hydrogens is 444 g/mol. The average Bonchev–Trinajstić information content (AvgIpc) is 3.50. The number of pyridine rings is 1. The molecule has 5 rings (SSSR count). The number of benzene rings is 1. The van der Waals surface area contributed by atoms with E-state index in [-0.39, 0.29) is 18.1 Å². The van der Waals surface area contributed by atoms with Crippen LogP contribution < -0.4 is 10.6 Å². The second-order valence-corrected chi connectivity index (χ2v) is 8.02. The summed E-state index contributed by atoms with van der Waals surface area (Å²) in [4.78, 5) is 23.1. The minimum Gasteiger partial charge on any atom is -0.435 e. The number of rotatable bonds is 5. The first-order valence-corrected chi connectivity index (χ1v) is 10.6. The molecule has 1 saturated heterocycles. The molecule has 4 aromatic rings. The highest BCUT2D eigenvalue weighted by molar-refractivity contribution is 6.01. The molecule has 0 spiro atoms. The molecule has 0 aliphatic carbocycles. The topological polar surface area (TPSA) is 123 Å². The number of amides is 1. The Morgan fingerprint density at radius 2 is 2.15 bits per heavy atom. The largest absolute Gasteiger partial charge is 0.435 e. The molecule has 1 fully saturated rings. The summed E-state index contributed by atoms with van der Waals surface area (Å²) in [5.41, 5.74) is 9.75. The van der Waals surface area contributed by atoms with Gasteiger partial charge in [0.05, 0.1) is 17.8 Å². The maximum absolute atomic E-state index is 12.3. The fourth-order valence-corrected chi connectivity index (χ4v) is 4.24. The maximum atomic E-state index is 12.3. The van der Waals surface area contributed by atoms with Crippen LogP contribution in [-0.2, 0) is 6.54 Å². The molecule has 10 heteroatoms. The summed E-state index contributed by atoms with van der Waals surface area (Å²) in [5.74, 6) is -0.0582. The number of carbonyl (C=O) groups is 1. The third-order valence-corrected chi connectivity index (χ3v) is 5.81. The van der Waals surface area contributed by atoms with E-state index in [1.807, 2.05) is 42.9 Å². The van der Waals surface area contributed by atoms with Crippen LogP contribution in [0.2, 0.25) is 0 Å². The standard InChI is InChI=1S/C23H24N6O3.ClH/c1-3-29-18-10-17(19(9-15(18)11-26-29)28-7-5-16(30)12-28)21-20(22(24)31)27-23(32-21)14-4-6-25-13(2)8-14;/h4,6,8-11,16,30H,3,5,7,12H2,1-2H3,(H2,24,31);1H. The lowest BCUT2D eigenvalue weighted by atomic mass is 10.0. The molecule has 172 valence electrons. The molecule has 1 amide bonds. The minimum atomic E-state index is -0.669. The zero-order chi connectivity index (χ0) is 22.4. The third kappa shape index (κ3) is 4.05. The number of halogens is 1. The second-order valence-electron chi connectivity index (χ2n) is 8.02. The van der Waals surface area contributed by atoms with Crippen LogP contribution in [0.3, 0.4) is 0 Å². The van der Waals surface area contributed by atoms with Crippen LogP contribution in [0.5, 0.6) is 0 Å². The number of β-amino-alcohol motifs (C(OH)–C–C–N with tert-alkyl or cyclic N) is 1. The number of aromatic nitrogens is 4. The molecule has 33 heavy (non-hydrogen) atoms. The van der Waals surface area contributed by atoms with Crippen molar-refractivity contribution >= 4 is 34.9 Å². The molecule has 1 aliphatic rings. The van der Waals surface area contributed by atoms with Gasteiger partial charge in [-0.1, -0.05) is 0 Å². The van der Waals surface area contributed by atoms with E-state index in [4.69, 9.17) is 10.2 Å². The van der Waals surface area contributed by atoms with Gasteiger partial charge in [-0.05, 0) is 44.5 Å². The smallest absolute Gasteiger partial charge is 0.271 e. The van der Waals surface area contributed by atoms with Gasteiger partial charge in [0.15, 0.2) is 11.5 Å². The average molecular weight is 469 g/mol. The van der Waals surface area contributed by atoms with Crippen LogP contribution in [-0.4, -0.2) is 50.0 Å². The summed E-state index contributed by atoms with van der Waals surface area (Å²) in [5, 5.41) is 15.6. The quantitative estimate of drug-likeness (QED) is 0.461. The van der Waals surface area contributed by atoms with Crippen molar-refractivity contribution in [3.05, 3.63) is 48.0 Å². The summed E-state index contributed by atoms with van der Waals surface area (Å²) >= 11 is 0. The number of carbonyl (C=O) groups excluding carboxylic acids is 1. The summed E-state index contributed by atoms with van der Waals surface area (Å²) in [6, 6.07) is 7.60. The molecule has 1 atom stereocenters. The molecule has 0 radical (unpaired) electrons. The van der Waals surface area contributed by atoms with E-state index in [1.54, 1.807) is 12.3 Å². The Morgan fingerprint density at radius 1 is 1.33 bits per heavy atom. The predicted octanol–water partition coefficient (Wildman–Crippen LogP) is 3.17. The Hall–Kier alpha value is -3.43. The van der Waals surface area contributed by atoms with Crippen molar-refractivity contribution in [3.8, 4) is 22.8 Å². The summed E-state index contributed by atoms with van der Waals surface area (Å²) in [6.45, 7) is 5.78. The van der Waals surface area contributed by atoms with Crippen molar-refractivity contribution in [1.29, 1.82) is 0 Å². The monoisotopic (exact) mass is 468 g/mol. The zero-order valence-corrected chi connectivity index (χ0v) is 19.2. The molecule has 3 aromatic heterocycles. The van der Waals surface area contributed by atoms with Crippen LogP contribution in [0.25, 0.3) is 33.7 Å². The summed E-state index contributed by atoms with van der Waals surface area (Å²) < 4.78 is 8.05. The van der Waals surface area contributed by atoms with E-state index in [0.717, 1.165) is 22.3 Å². The number of anilines is 1. The molecule has 0 saturated carbocycles. The van der Waals surface area contributed by atoms with Gasteiger partial charge in [-0.25, -0.2) is 4.98 Å². The van der Waals surface area contributed by atoms with E-state index in [1.165, 1.54) is 0 Å². The first kappa shape index (κ1) is 22.8. The van der Waals surface area contributed by atoms with Gasteiger partial charge in [0.2, 0.25) is 5.89 Å². The molecule has 4 heterocycles. The molecule has 3 N–H and O–H groups in total. The van der Waals surface area contributed by atoms with Gasteiger partial charge in [0.1, 0.15) is 0 Å². The van der Waals surface area contributed by atoms with Gasteiger partial charge >= 0.3 is 0 Å². The van der Waals surface area contributed by atoms with Gasteiger partial charge in [-0.2, -0.15) is 5.10 Å². The number of aliphatic hydroxyl groups is 1. The van der Waals surface area contributed by atoms with Crippen molar-refractivity contribution in [2.75, 3.05) is 18.0 Å². The molecular formula is C23H25ClN6O3. The number of aryl methyl sites for hydroxylation is 2. The lowest BCUT2D eigenvalue weighted by molar-refractivity contribution is 0.0996. The predicted molar refractivity (Wildman–Crippen MR) is 127 cm³/mol. The van der Waals surface area contributed by atoms with Gasteiger partial charge < -0.3 is 20.2 Å². The van der Waals surface area contributed by atoms with E-state index >= 15 is 0 Å². The molecule has 1 unspecified atom stereocenters. The van der Waals surface area contributed by atoms with Crippen LogP contribution >= 0.6 is 12.4 Å². The number of aliphatic hydroxyl groups excluding tert-OH is 1. The van der Waals surface area contributed by atoms with Crippen molar-refractivity contribution in [2.45, 2.75) is 32.9 Å². The fraction of sp³-hybridized carbons (Fsp3) is 0.304. The lowest BCUT2D eigenvalue weighted by Gasteiger charge is -2.21. The Morgan fingerprint density at radius 3 is 2.82 bits per heavy atom. The van der Waals surface area contributed by atoms with Crippen LogP contribution in [0.1, 0.15) is 29.5 Å². The highest BCUT2D eigenvalue weighted by Crippen LogP contribution is 2.40. The van der Waals surface area contributed by atoms with Crippen LogP contribution in [0.15, 0.2) is 41.1 Å². The lowest BCUT2D eigenvalue weighted by Crippen LogP contribution is -2.22. The van der Waals surface area contributed by atoms with E-state index in [2.05, 4.69) is 20.0 Å². The second kappa shape index (κ2) is 8.84. The molecule has 1 aliphatic heterocycles. The van der Waals surface area contributed by atoms with Gasteiger partial charge in [-0.15, -0.1) is 12.4 Å². The fourth-order valence-electron chi connectivity index (χ4n) is 4.24. The van der Waals surface area contributed by atoms with Crippen molar-refractivity contribution in [2.24, 2.45) is 5.73 Å². The van der Waals surface area contributed by atoms with E-state index in [9.17, 15) is 9.90 Å². The first-order chi connectivity index (χ1) is 15.4. The molecule has 9 nitrogen and oxygen atoms in total. The first-order valence-electron chi connectivity index (χ1n) is 10.6. The minimum absolute atomic E-state index is 0. The normalized spacial score (nSPS) is 15.7. The number of hydrogen-bond donors (Lipinski definition) is 2. The van der Waals surface area contributed by atoms with Gasteiger partial charge in [-0.3, -0.25) is 14.5 Å². The third-order valence-electron chi connectivity index (χ3n) is 5.81. The highest BCUT2D eigenvalue weighted by Gasteiger charge is 2.28. The van der Waals surface area contributed by atoms with Crippen molar-refractivity contribution in [3.63, 3.8) is 0 Å². The van der Waals surface area contributed by atoms with Gasteiger partial charge in [0, 0.05) is 53.7 Å². The van der Waals surface area contributed by atoms with E-state index in [0.29, 0.717) is 48.8 Å². The Bertz CT molecular complexity index is 1330. The van der Waals surface area contributed by atoms with Crippen LogP contribution in [0, 0.1) is 6.92 Å². The van der Waals surface area contributed by atoms with Crippen molar-refractivity contribution in [1.82, 2.24) is 19.7 Å². The molecule has 0 bridgehead atoms. The number of nitrogens with zero attached hydrogens (tertiary/aromatic N) is 5. The summed E-state index contributed by atoms with van der Waals surface area (Å²) in [6.07, 6.45) is 3.75. The SMILES string of the molecule is CCn1ncc2cc(N3CCC(O)C3)c(-c3oc(-c4ccnc(C)c4)nc3C(N)=O)cc21.Cl. The van der Waals surface area contributed by atoms with Gasteiger partial charge in [0.25, 0.3) is 5.91 Å². The number of primary amides is 1. The number of hydrogen-bond acceptors (Lipinski definition) is 7. The Labute approximate surface area is 196 Å². The Kier molecular flexibility index (Phi) is 6.09. The number of oxazole rings is 1. The highest BCUT2D eigenvalue weighted by atomic mass is 35.5. The zero-order valence-electron chi connectivity index (χ0n) is 18.4. The maximum Gasteiger partial charge on any atom is 0.271 e. The number of fused-ring (bicyclic) bond motifs is 1.